The largest absolute Gasteiger partial charge is 0.363 e. The third-order valence-electron chi connectivity index (χ3n) is 4.31. The van der Waals surface area contributed by atoms with Gasteiger partial charge in [-0.25, -0.2) is 4.98 Å². The van der Waals surface area contributed by atoms with Crippen molar-refractivity contribution in [3.8, 4) is 0 Å². The standard InChI is InChI=1S/C17H29N5/c1-13-5-7-15(8-6-13)21-17(18-2)20-12-14-9-10-19-16(11-14)22(3)4/h9-11,13,15H,5-8,12H2,1-4H3,(H2,18,20,21). The monoisotopic (exact) mass is 303 g/mol. The van der Waals surface area contributed by atoms with Gasteiger partial charge in [0.25, 0.3) is 0 Å². The number of rotatable bonds is 4. The Labute approximate surface area is 134 Å². The van der Waals surface area contributed by atoms with Gasteiger partial charge < -0.3 is 15.5 Å². The van der Waals surface area contributed by atoms with E-state index in [4.69, 9.17) is 0 Å². The topological polar surface area (TPSA) is 52.6 Å². The fraction of sp³-hybridized carbons (Fsp3) is 0.647. The minimum Gasteiger partial charge on any atom is -0.363 e. The molecule has 1 aromatic heterocycles. The molecule has 5 heteroatoms. The first-order valence-electron chi connectivity index (χ1n) is 8.18. The van der Waals surface area contributed by atoms with E-state index in [1.165, 1.54) is 31.2 Å². The van der Waals surface area contributed by atoms with Crippen molar-refractivity contribution in [2.24, 2.45) is 10.9 Å². The van der Waals surface area contributed by atoms with Crippen LogP contribution < -0.4 is 15.5 Å². The summed E-state index contributed by atoms with van der Waals surface area (Å²) in [5, 5.41) is 6.95. The van der Waals surface area contributed by atoms with E-state index in [1.807, 2.05) is 38.3 Å². The molecule has 1 heterocycles. The Morgan fingerprint density at radius 3 is 2.68 bits per heavy atom. The molecule has 2 rings (SSSR count). The molecule has 0 spiro atoms. The molecule has 1 saturated carbocycles. The number of nitrogens with zero attached hydrogens (tertiary/aromatic N) is 3. The normalized spacial score (nSPS) is 22.3. The zero-order valence-electron chi connectivity index (χ0n) is 14.3. The molecule has 0 unspecified atom stereocenters. The Morgan fingerprint density at radius 2 is 2.05 bits per heavy atom. The number of guanidine groups is 1. The van der Waals surface area contributed by atoms with E-state index in [2.05, 4.69) is 33.6 Å². The lowest BCUT2D eigenvalue weighted by atomic mass is 9.87. The van der Waals surface area contributed by atoms with Crippen LogP contribution in [0.3, 0.4) is 0 Å². The van der Waals surface area contributed by atoms with E-state index in [9.17, 15) is 0 Å². The third-order valence-corrected chi connectivity index (χ3v) is 4.31. The summed E-state index contributed by atoms with van der Waals surface area (Å²) in [4.78, 5) is 10.7. The minimum absolute atomic E-state index is 0.553. The van der Waals surface area contributed by atoms with E-state index in [1.54, 1.807) is 0 Å². The zero-order chi connectivity index (χ0) is 15.9. The molecule has 5 nitrogen and oxygen atoms in total. The molecule has 1 aromatic rings. The van der Waals surface area contributed by atoms with Gasteiger partial charge in [0.05, 0.1) is 0 Å². The van der Waals surface area contributed by atoms with Crippen LogP contribution in [0.15, 0.2) is 23.3 Å². The Hall–Kier alpha value is -1.78. The Balaban J connectivity index is 1.85. The van der Waals surface area contributed by atoms with Crippen LogP contribution in [0, 0.1) is 5.92 Å². The van der Waals surface area contributed by atoms with Crippen LogP contribution in [0.25, 0.3) is 0 Å². The van der Waals surface area contributed by atoms with Crippen LogP contribution in [-0.2, 0) is 6.54 Å². The molecule has 0 atom stereocenters. The highest BCUT2D eigenvalue weighted by molar-refractivity contribution is 5.79. The second-order valence-corrected chi connectivity index (χ2v) is 6.44. The van der Waals surface area contributed by atoms with Gasteiger partial charge in [0.1, 0.15) is 5.82 Å². The van der Waals surface area contributed by atoms with E-state index < -0.39 is 0 Å². The lowest BCUT2D eigenvalue weighted by molar-refractivity contribution is 0.329. The second-order valence-electron chi connectivity index (χ2n) is 6.44. The summed E-state index contributed by atoms with van der Waals surface area (Å²) in [6.07, 6.45) is 6.95. The SMILES string of the molecule is CN=C(NCc1ccnc(N(C)C)c1)NC1CCC(C)CC1. The molecule has 0 aliphatic heterocycles. The van der Waals surface area contributed by atoms with Gasteiger partial charge in [-0.3, -0.25) is 4.99 Å². The van der Waals surface area contributed by atoms with Gasteiger partial charge >= 0.3 is 0 Å². The summed E-state index contributed by atoms with van der Waals surface area (Å²) in [6, 6.07) is 4.69. The van der Waals surface area contributed by atoms with Crippen molar-refractivity contribution in [1.29, 1.82) is 0 Å². The van der Waals surface area contributed by atoms with Gasteiger partial charge in [-0.15, -0.1) is 0 Å². The van der Waals surface area contributed by atoms with E-state index in [0.717, 1.165) is 24.2 Å². The number of hydrogen-bond donors (Lipinski definition) is 2. The molecule has 0 saturated heterocycles. The first kappa shape index (κ1) is 16.6. The molecule has 0 amide bonds. The first-order chi connectivity index (χ1) is 10.6. The van der Waals surface area contributed by atoms with E-state index in [0.29, 0.717) is 6.04 Å². The van der Waals surface area contributed by atoms with Crippen molar-refractivity contribution in [3.05, 3.63) is 23.9 Å². The quantitative estimate of drug-likeness (QED) is 0.662. The van der Waals surface area contributed by atoms with Gasteiger partial charge in [-0.05, 0) is 49.3 Å². The smallest absolute Gasteiger partial charge is 0.191 e. The van der Waals surface area contributed by atoms with Crippen LogP contribution in [0.4, 0.5) is 5.82 Å². The van der Waals surface area contributed by atoms with Crippen molar-refractivity contribution >= 4 is 11.8 Å². The van der Waals surface area contributed by atoms with Gasteiger partial charge in [0.15, 0.2) is 5.96 Å². The molecular formula is C17H29N5. The maximum atomic E-state index is 4.34. The molecule has 1 aliphatic carbocycles. The summed E-state index contributed by atoms with van der Waals surface area (Å²) in [5.74, 6) is 2.74. The van der Waals surface area contributed by atoms with Gasteiger partial charge in [0, 0.05) is 39.9 Å². The van der Waals surface area contributed by atoms with Crippen LogP contribution in [-0.4, -0.2) is 38.1 Å². The van der Waals surface area contributed by atoms with Crippen molar-refractivity contribution in [1.82, 2.24) is 15.6 Å². The molecule has 22 heavy (non-hydrogen) atoms. The maximum Gasteiger partial charge on any atom is 0.191 e. The Bertz CT molecular complexity index is 490. The second kappa shape index (κ2) is 8.01. The average Bonchev–Trinajstić information content (AvgIpc) is 2.53. The van der Waals surface area contributed by atoms with Crippen LogP contribution in [0.5, 0.6) is 0 Å². The summed E-state index contributed by atoms with van der Waals surface area (Å²) >= 11 is 0. The predicted octanol–water partition coefficient (Wildman–Crippen LogP) is 2.39. The van der Waals surface area contributed by atoms with Crippen molar-refractivity contribution in [2.45, 2.75) is 45.2 Å². The molecular weight excluding hydrogens is 274 g/mol. The van der Waals surface area contributed by atoms with Gasteiger partial charge in [-0.2, -0.15) is 0 Å². The molecule has 0 aromatic carbocycles. The Kier molecular flexibility index (Phi) is 6.04. The predicted molar refractivity (Wildman–Crippen MR) is 93.3 cm³/mol. The lowest BCUT2D eigenvalue weighted by Crippen LogP contribution is -2.44. The number of nitrogens with one attached hydrogen (secondary N) is 2. The number of hydrogen-bond acceptors (Lipinski definition) is 3. The van der Waals surface area contributed by atoms with Crippen molar-refractivity contribution in [3.63, 3.8) is 0 Å². The molecule has 0 bridgehead atoms. The summed E-state index contributed by atoms with van der Waals surface area (Å²) in [6.45, 7) is 3.10. The maximum absolute atomic E-state index is 4.34. The fourth-order valence-electron chi connectivity index (χ4n) is 2.79. The molecule has 1 fully saturated rings. The molecule has 1 aliphatic rings. The number of aromatic nitrogens is 1. The van der Waals surface area contributed by atoms with Crippen LogP contribution in [0.2, 0.25) is 0 Å². The lowest BCUT2D eigenvalue weighted by Gasteiger charge is -2.28. The minimum atomic E-state index is 0.553. The van der Waals surface area contributed by atoms with Crippen molar-refractivity contribution in [2.75, 3.05) is 26.0 Å². The highest BCUT2D eigenvalue weighted by atomic mass is 15.2. The summed E-state index contributed by atoms with van der Waals surface area (Å²) in [5.41, 5.74) is 1.21. The summed E-state index contributed by atoms with van der Waals surface area (Å²) < 4.78 is 0. The fourth-order valence-corrected chi connectivity index (χ4v) is 2.79. The number of anilines is 1. The Morgan fingerprint density at radius 1 is 1.32 bits per heavy atom. The molecule has 0 radical (unpaired) electrons. The van der Waals surface area contributed by atoms with Gasteiger partial charge in [0.2, 0.25) is 0 Å². The van der Waals surface area contributed by atoms with E-state index in [-0.39, 0.29) is 0 Å². The highest BCUT2D eigenvalue weighted by Gasteiger charge is 2.18. The average molecular weight is 303 g/mol. The highest BCUT2D eigenvalue weighted by Crippen LogP contribution is 2.23. The summed E-state index contributed by atoms with van der Waals surface area (Å²) in [7, 11) is 5.84. The van der Waals surface area contributed by atoms with Crippen LogP contribution in [0.1, 0.15) is 38.2 Å². The molecule has 2 N–H and O–H groups in total. The van der Waals surface area contributed by atoms with Crippen LogP contribution >= 0.6 is 0 Å². The van der Waals surface area contributed by atoms with Gasteiger partial charge in [-0.1, -0.05) is 6.92 Å². The number of aliphatic imine (C=N–C) groups is 1. The molecule has 122 valence electrons. The third kappa shape index (κ3) is 4.90. The number of pyridine rings is 1. The zero-order valence-corrected chi connectivity index (χ0v) is 14.3. The van der Waals surface area contributed by atoms with Crippen molar-refractivity contribution < 1.29 is 0 Å². The first-order valence-corrected chi connectivity index (χ1v) is 8.18. The van der Waals surface area contributed by atoms with E-state index >= 15 is 0 Å².